The second-order valence-corrected chi connectivity index (χ2v) is 11.8. The van der Waals surface area contributed by atoms with Crippen LogP contribution in [0.5, 0.6) is 0 Å². The predicted octanol–water partition coefficient (Wildman–Crippen LogP) is 11.0. The highest BCUT2D eigenvalue weighted by molar-refractivity contribution is 5.57. The van der Waals surface area contributed by atoms with Crippen molar-refractivity contribution in [3.63, 3.8) is 0 Å². The van der Waals surface area contributed by atoms with Crippen molar-refractivity contribution in [1.29, 1.82) is 0 Å². The molecule has 4 heteroatoms. The first-order valence-electron chi connectivity index (χ1n) is 16.3. The Labute approximate surface area is 237 Å². The molecule has 0 aliphatic rings. The van der Waals surface area contributed by atoms with E-state index < -0.39 is 6.16 Å². The van der Waals surface area contributed by atoms with E-state index in [1.165, 1.54) is 116 Å². The lowest BCUT2D eigenvalue weighted by Gasteiger charge is -2.16. The van der Waals surface area contributed by atoms with Gasteiger partial charge in [-0.15, -0.1) is 0 Å². The Hall–Kier alpha value is -1.29. The van der Waals surface area contributed by atoms with Crippen molar-refractivity contribution >= 4 is 6.16 Å². The van der Waals surface area contributed by atoms with E-state index in [4.69, 9.17) is 9.84 Å². The maximum absolute atomic E-state index is 11.1. The van der Waals surface area contributed by atoms with Gasteiger partial charge in [0, 0.05) is 0 Å². The molecule has 2 atom stereocenters. The molecule has 0 saturated heterocycles. The van der Waals surface area contributed by atoms with E-state index in [9.17, 15) is 4.79 Å². The average molecular weight is 536 g/mol. The van der Waals surface area contributed by atoms with E-state index in [0.29, 0.717) is 0 Å². The standard InChI is InChI=1S/C34H65NO3/c1-5-6-7-8-9-10-11-12-13-14-15-16-17-21-24-29-33(38-34(36)37)30-25-22-19-18-20-23-27-32(2)28-26-31-35(3)4/h9-10,12-13,32-33H,5-8,11,14-31H2,1-4H3,(H,36,37). The molecule has 0 bridgehead atoms. The maximum atomic E-state index is 11.1. The Morgan fingerprint density at radius 2 is 1.16 bits per heavy atom. The van der Waals surface area contributed by atoms with Crippen LogP contribution >= 0.6 is 0 Å². The number of rotatable bonds is 28. The summed E-state index contributed by atoms with van der Waals surface area (Å²) in [4.78, 5) is 13.4. The van der Waals surface area contributed by atoms with Crippen LogP contribution in [0.15, 0.2) is 24.3 Å². The monoisotopic (exact) mass is 535 g/mol. The van der Waals surface area contributed by atoms with E-state index in [2.05, 4.69) is 57.1 Å². The van der Waals surface area contributed by atoms with E-state index in [1.54, 1.807) is 0 Å². The first-order valence-corrected chi connectivity index (χ1v) is 16.3. The van der Waals surface area contributed by atoms with Crippen LogP contribution in [0.3, 0.4) is 0 Å². The molecule has 4 nitrogen and oxygen atoms in total. The fraction of sp³-hybridized carbons (Fsp3) is 0.853. The molecule has 0 amide bonds. The van der Waals surface area contributed by atoms with Crippen LogP contribution in [0.25, 0.3) is 0 Å². The number of carbonyl (C=O) groups is 1. The zero-order valence-electron chi connectivity index (χ0n) is 25.9. The molecule has 0 radical (unpaired) electrons. The molecule has 0 aromatic rings. The average Bonchev–Trinajstić information content (AvgIpc) is 2.87. The number of hydrogen-bond acceptors (Lipinski definition) is 3. The van der Waals surface area contributed by atoms with Gasteiger partial charge in [-0.25, -0.2) is 4.79 Å². The summed E-state index contributed by atoms with van der Waals surface area (Å²) < 4.78 is 5.19. The van der Waals surface area contributed by atoms with Crippen LogP contribution in [-0.4, -0.2) is 42.9 Å². The summed E-state index contributed by atoms with van der Waals surface area (Å²) in [7, 11) is 4.30. The summed E-state index contributed by atoms with van der Waals surface area (Å²) in [6, 6.07) is 0. The van der Waals surface area contributed by atoms with Crippen LogP contribution in [0, 0.1) is 5.92 Å². The van der Waals surface area contributed by atoms with Crippen LogP contribution in [0.2, 0.25) is 0 Å². The van der Waals surface area contributed by atoms with Crippen molar-refractivity contribution in [2.75, 3.05) is 20.6 Å². The molecule has 0 aliphatic carbocycles. The quantitative estimate of drug-likeness (QED) is 0.0615. The van der Waals surface area contributed by atoms with Crippen molar-refractivity contribution in [2.45, 2.75) is 161 Å². The third-order valence-electron chi connectivity index (χ3n) is 7.52. The molecule has 224 valence electrons. The number of ether oxygens (including phenoxy) is 1. The van der Waals surface area contributed by atoms with Crippen LogP contribution in [0.4, 0.5) is 4.79 Å². The Balaban J connectivity index is 3.67. The lowest BCUT2D eigenvalue weighted by Crippen LogP contribution is -2.16. The first-order chi connectivity index (χ1) is 18.5. The van der Waals surface area contributed by atoms with Gasteiger partial charge in [-0.2, -0.15) is 0 Å². The highest BCUT2D eigenvalue weighted by Crippen LogP contribution is 2.19. The van der Waals surface area contributed by atoms with Crippen LogP contribution in [-0.2, 0) is 4.74 Å². The zero-order chi connectivity index (χ0) is 28.1. The summed E-state index contributed by atoms with van der Waals surface area (Å²) in [6.07, 6.45) is 34.7. The Morgan fingerprint density at radius 3 is 1.68 bits per heavy atom. The first kappa shape index (κ1) is 36.7. The van der Waals surface area contributed by atoms with Gasteiger partial charge in [0.15, 0.2) is 0 Å². The topological polar surface area (TPSA) is 49.8 Å². The van der Waals surface area contributed by atoms with Crippen molar-refractivity contribution in [3.05, 3.63) is 24.3 Å². The summed E-state index contributed by atoms with van der Waals surface area (Å²) >= 11 is 0. The minimum absolute atomic E-state index is 0.117. The normalized spacial score (nSPS) is 13.6. The molecule has 0 aliphatic heterocycles. The van der Waals surface area contributed by atoms with Gasteiger partial charge in [0.25, 0.3) is 0 Å². The minimum atomic E-state index is -1.11. The van der Waals surface area contributed by atoms with E-state index >= 15 is 0 Å². The third kappa shape index (κ3) is 29.3. The molecule has 38 heavy (non-hydrogen) atoms. The molecular weight excluding hydrogens is 470 g/mol. The Morgan fingerprint density at radius 1 is 0.684 bits per heavy atom. The third-order valence-corrected chi connectivity index (χ3v) is 7.52. The molecule has 1 N–H and O–H groups in total. The lowest BCUT2D eigenvalue weighted by molar-refractivity contribution is 0.0422. The zero-order valence-corrected chi connectivity index (χ0v) is 25.9. The number of carboxylic acid groups (broad SMARTS) is 1. The van der Waals surface area contributed by atoms with Gasteiger partial charge in [0.1, 0.15) is 6.10 Å². The second-order valence-electron chi connectivity index (χ2n) is 11.8. The molecule has 2 unspecified atom stereocenters. The van der Waals surface area contributed by atoms with Gasteiger partial charge in [-0.3, -0.25) is 0 Å². The fourth-order valence-electron chi connectivity index (χ4n) is 5.06. The van der Waals surface area contributed by atoms with Gasteiger partial charge in [0.2, 0.25) is 0 Å². The SMILES string of the molecule is CCCCCC=CCC=CCCCCCCCC(CCCCCCCCC(C)CCCN(C)C)OC(=O)O. The van der Waals surface area contributed by atoms with Crippen molar-refractivity contribution in [2.24, 2.45) is 5.92 Å². The molecule has 0 spiro atoms. The molecule has 0 heterocycles. The van der Waals surface area contributed by atoms with E-state index in [1.807, 2.05) is 0 Å². The highest BCUT2D eigenvalue weighted by atomic mass is 16.7. The smallest absolute Gasteiger partial charge is 0.450 e. The van der Waals surface area contributed by atoms with Gasteiger partial charge in [0.05, 0.1) is 0 Å². The number of allylic oxidation sites excluding steroid dienone is 4. The van der Waals surface area contributed by atoms with Gasteiger partial charge < -0.3 is 14.7 Å². The number of unbranched alkanes of at least 4 members (excludes halogenated alkanes) is 13. The van der Waals surface area contributed by atoms with Gasteiger partial charge in [-0.05, 0) is 97.2 Å². The van der Waals surface area contributed by atoms with Crippen molar-refractivity contribution in [1.82, 2.24) is 4.90 Å². The second kappa shape index (κ2) is 28.7. The molecular formula is C34H65NO3. The van der Waals surface area contributed by atoms with E-state index in [-0.39, 0.29) is 6.10 Å². The number of nitrogens with zero attached hydrogens (tertiary/aromatic N) is 1. The molecule has 0 aromatic carbocycles. The summed E-state index contributed by atoms with van der Waals surface area (Å²) in [5.74, 6) is 0.845. The van der Waals surface area contributed by atoms with E-state index in [0.717, 1.165) is 38.0 Å². The number of hydrogen-bond donors (Lipinski definition) is 1. The summed E-state index contributed by atoms with van der Waals surface area (Å²) in [6.45, 7) is 5.84. The molecule has 0 saturated carbocycles. The highest BCUT2D eigenvalue weighted by Gasteiger charge is 2.13. The van der Waals surface area contributed by atoms with Gasteiger partial charge >= 0.3 is 6.16 Å². The lowest BCUT2D eigenvalue weighted by atomic mass is 9.97. The Bertz CT molecular complexity index is 558. The molecule has 0 rings (SSSR count). The molecule has 0 aromatic heterocycles. The van der Waals surface area contributed by atoms with Crippen LogP contribution < -0.4 is 0 Å². The largest absolute Gasteiger partial charge is 0.506 e. The van der Waals surface area contributed by atoms with Crippen molar-refractivity contribution in [3.8, 4) is 0 Å². The summed E-state index contributed by atoms with van der Waals surface area (Å²) in [5, 5.41) is 9.10. The van der Waals surface area contributed by atoms with Crippen LogP contribution in [0.1, 0.15) is 155 Å². The summed E-state index contributed by atoms with van der Waals surface area (Å²) in [5.41, 5.74) is 0. The Kier molecular flexibility index (Phi) is 27.7. The predicted molar refractivity (Wildman–Crippen MR) is 166 cm³/mol. The van der Waals surface area contributed by atoms with Crippen molar-refractivity contribution < 1.29 is 14.6 Å². The molecule has 0 fully saturated rings. The fourth-order valence-corrected chi connectivity index (χ4v) is 5.06. The van der Waals surface area contributed by atoms with Gasteiger partial charge in [-0.1, -0.05) is 109 Å². The minimum Gasteiger partial charge on any atom is -0.450 e. The maximum Gasteiger partial charge on any atom is 0.506 e.